The van der Waals surface area contributed by atoms with E-state index in [0.717, 1.165) is 42.9 Å². The van der Waals surface area contributed by atoms with Gasteiger partial charge in [0.1, 0.15) is 12.4 Å². The number of carbonyl (C=O) groups excluding carboxylic acids is 1. The first-order valence-electron chi connectivity index (χ1n) is 8.13. The monoisotopic (exact) mass is 300 g/mol. The third-order valence-corrected chi connectivity index (χ3v) is 4.42. The lowest BCUT2D eigenvalue weighted by atomic mass is 9.96. The Morgan fingerprint density at radius 3 is 3.14 bits per heavy atom. The molecule has 1 aromatic carbocycles. The first-order chi connectivity index (χ1) is 10.7. The molecule has 118 valence electrons. The van der Waals surface area contributed by atoms with Gasteiger partial charge in [-0.25, -0.2) is 4.98 Å². The second kappa shape index (κ2) is 6.92. The third-order valence-electron chi connectivity index (χ3n) is 4.42. The van der Waals surface area contributed by atoms with Gasteiger partial charge in [-0.15, -0.1) is 0 Å². The number of nitrogens with one attached hydrogen (secondary N) is 2. The molecule has 3 rings (SSSR count). The van der Waals surface area contributed by atoms with E-state index in [1.807, 2.05) is 35.8 Å². The zero-order valence-corrected chi connectivity index (χ0v) is 13.1. The highest BCUT2D eigenvalue weighted by molar-refractivity contribution is 5.81. The van der Waals surface area contributed by atoms with Gasteiger partial charge >= 0.3 is 0 Å². The molecule has 0 bridgehead atoms. The normalized spacial score (nSPS) is 18.5. The van der Waals surface area contributed by atoms with E-state index in [0.29, 0.717) is 12.5 Å². The number of hydrogen-bond acceptors (Lipinski definition) is 3. The number of nitrogens with zero attached hydrogens (tertiary/aromatic N) is 2. The zero-order chi connectivity index (χ0) is 15.4. The maximum Gasteiger partial charge on any atom is 0.240 e. The number of piperidine rings is 1. The van der Waals surface area contributed by atoms with Gasteiger partial charge in [0, 0.05) is 6.54 Å². The molecule has 0 radical (unpaired) electrons. The van der Waals surface area contributed by atoms with Gasteiger partial charge < -0.3 is 15.2 Å². The van der Waals surface area contributed by atoms with E-state index in [-0.39, 0.29) is 5.91 Å². The van der Waals surface area contributed by atoms with Crippen molar-refractivity contribution in [2.45, 2.75) is 32.7 Å². The molecule has 5 heteroatoms. The van der Waals surface area contributed by atoms with Crippen molar-refractivity contribution in [2.24, 2.45) is 5.92 Å². The van der Waals surface area contributed by atoms with Crippen molar-refractivity contribution in [3.63, 3.8) is 0 Å². The topological polar surface area (TPSA) is 59.0 Å². The van der Waals surface area contributed by atoms with Gasteiger partial charge in [0.25, 0.3) is 0 Å². The molecule has 1 atom stereocenters. The Bertz CT molecular complexity index is 643. The van der Waals surface area contributed by atoms with Gasteiger partial charge in [0.05, 0.1) is 11.0 Å². The zero-order valence-electron chi connectivity index (χ0n) is 13.1. The summed E-state index contributed by atoms with van der Waals surface area (Å²) in [5.41, 5.74) is 1.97. The fraction of sp³-hybridized carbons (Fsp3) is 0.529. The predicted octanol–water partition coefficient (Wildman–Crippen LogP) is 1.85. The minimum Gasteiger partial charge on any atom is -0.355 e. The third kappa shape index (κ3) is 3.47. The maximum atomic E-state index is 12.2. The largest absolute Gasteiger partial charge is 0.355 e. The van der Waals surface area contributed by atoms with Crippen molar-refractivity contribution in [3.8, 4) is 0 Å². The molecule has 1 aliphatic heterocycles. The minimum absolute atomic E-state index is 0.0648. The molecule has 1 aliphatic rings. The molecule has 1 amide bonds. The second-order valence-electron chi connectivity index (χ2n) is 6.08. The summed E-state index contributed by atoms with van der Waals surface area (Å²) in [5.74, 6) is 1.65. The first-order valence-corrected chi connectivity index (χ1v) is 8.13. The number of rotatable bonds is 5. The average Bonchev–Trinajstić information content (AvgIpc) is 2.84. The van der Waals surface area contributed by atoms with Gasteiger partial charge in [-0.2, -0.15) is 0 Å². The minimum atomic E-state index is 0.0648. The highest BCUT2D eigenvalue weighted by Crippen LogP contribution is 2.15. The number of benzene rings is 1. The summed E-state index contributed by atoms with van der Waals surface area (Å²) in [7, 11) is 0. The summed E-state index contributed by atoms with van der Waals surface area (Å²) in [6, 6.07) is 7.94. The molecular weight excluding hydrogens is 276 g/mol. The van der Waals surface area contributed by atoms with Gasteiger partial charge in [-0.1, -0.05) is 12.1 Å². The molecule has 2 aromatic rings. The Hall–Kier alpha value is -1.88. The lowest BCUT2D eigenvalue weighted by Crippen LogP contribution is -2.34. The molecule has 2 heterocycles. The molecule has 2 N–H and O–H groups in total. The van der Waals surface area contributed by atoms with E-state index in [2.05, 4.69) is 15.6 Å². The summed E-state index contributed by atoms with van der Waals surface area (Å²) in [5, 5.41) is 6.46. The van der Waals surface area contributed by atoms with Crippen LogP contribution in [0.5, 0.6) is 0 Å². The van der Waals surface area contributed by atoms with Gasteiger partial charge in [0.2, 0.25) is 5.91 Å². The summed E-state index contributed by atoms with van der Waals surface area (Å²) < 4.78 is 1.98. The molecule has 0 aliphatic carbocycles. The van der Waals surface area contributed by atoms with Crippen LogP contribution in [0.3, 0.4) is 0 Å². The van der Waals surface area contributed by atoms with Crippen LogP contribution < -0.4 is 10.6 Å². The molecule has 0 saturated carbocycles. The second-order valence-corrected chi connectivity index (χ2v) is 6.08. The number of hydrogen-bond donors (Lipinski definition) is 2. The summed E-state index contributed by atoms with van der Waals surface area (Å²) >= 11 is 0. The lowest BCUT2D eigenvalue weighted by Gasteiger charge is -2.22. The van der Waals surface area contributed by atoms with Crippen molar-refractivity contribution >= 4 is 16.9 Å². The van der Waals surface area contributed by atoms with Crippen molar-refractivity contribution in [2.75, 3.05) is 19.6 Å². The highest BCUT2D eigenvalue weighted by Gasteiger charge is 2.14. The quantitative estimate of drug-likeness (QED) is 0.886. The van der Waals surface area contributed by atoms with Crippen molar-refractivity contribution < 1.29 is 4.79 Å². The van der Waals surface area contributed by atoms with Gasteiger partial charge in [-0.3, -0.25) is 4.79 Å². The fourth-order valence-corrected chi connectivity index (χ4v) is 3.18. The Kier molecular flexibility index (Phi) is 4.73. The van der Waals surface area contributed by atoms with Crippen LogP contribution in [0.15, 0.2) is 24.3 Å². The average molecular weight is 300 g/mol. The van der Waals surface area contributed by atoms with Crippen LogP contribution in [0.4, 0.5) is 0 Å². The predicted molar refractivity (Wildman–Crippen MR) is 87.7 cm³/mol. The van der Waals surface area contributed by atoms with Crippen molar-refractivity contribution in [1.82, 2.24) is 20.2 Å². The highest BCUT2D eigenvalue weighted by atomic mass is 16.1. The number of imidazole rings is 1. The Morgan fingerprint density at radius 2 is 2.32 bits per heavy atom. The van der Waals surface area contributed by atoms with E-state index < -0.39 is 0 Å². The van der Waals surface area contributed by atoms with Crippen LogP contribution in [-0.2, 0) is 11.3 Å². The van der Waals surface area contributed by atoms with E-state index in [9.17, 15) is 4.79 Å². The lowest BCUT2D eigenvalue weighted by molar-refractivity contribution is -0.121. The summed E-state index contributed by atoms with van der Waals surface area (Å²) in [6.07, 6.45) is 3.58. The van der Waals surface area contributed by atoms with Crippen LogP contribution in [-0.4, -0.2) is 35.1 Å². The molecule has 0 spiro atoms. The van der Waals surface area contributed by atoms with Gasteiger partial charge in [-0.05, 0) is 57.3 Å². The van der Waals surface area contributed by atoms with Crippen LogP contribution in [0.25, 0.3) is 11.0 Å². The van der Waals surface area contributed by atoms with E-state index in [1.165, 1.54) is 12.8 Å². The number of fused-ring (bicyclic) bond motifs is 1. The molecule has 5 nitrogen and oxygen atoms in total. The van der Waals surface area contributed by atoms with Crippen LogP contribution in [0.2, 0.25) is 0 Å². The van der Waals surface area contributed by atoms with Crippen LogP contribution in [0.1, 0.15) is 25.1 Å². The molecular formula is C17H24N4O. The fourth-order valence-electron chi connectivity index (χ4n) is 3.18. The number of aromatic nitrogens is 2. The van der Waals surface area contributed by atoms with Crippen molar-refractivity contribution in [3.05, 3.63) is 30.1 Å². The van der Waals surface area contributed by atoms with Crippen LogP contribution in [0, 0.1) is 12.8 Å². The molecule has 1 aromatic heterocycles. The Labute approximate surface area is 131 Å². The molecule has 1 saturated heterocycles. The first kappa shape index (κ1) is 15.0. The van der Waals surface area contributed by atoms with Crippen molar-refractivity contribution in [1.29, 1.82) is 0 Å². The smallest absolute Gasteiger partial charge is 0.240 e. The standard InChI is InChI=1S/C17H24N4O/c1-13-20-15-6-2-3-7-16(15)21(13)12-17(22)19-10-8-14-5-4-9-18-11-14/h2-3,6-7,14,18H,4-5,8-12H2,1H3,(H,19,22). The summed E-state index contributed by atoms with van der Waals surface area (Å²) in [4.78, 5) is 16.7. The van der Waals surface area contributed by atoms with E-state index in [4.69, 9.17) is 0 Å². The SMILES string of the molecule is Cc1nc2ccccc2n1CC(=O)NCCC1CCCNC1. The number of para-hydroxylation sites is 2. The maximum absolute atomic E-state index is 12.2. The van der Waals surface area contributed by atoms with E-state index in [1.54, 1.807) is 0 Å². The molecule has 22 heavy (non-hydrogen) atoms. The number of amides is 1. The molecule has 1 fully saturated rings. The van der Waals surface area contributed by atoms with Gasteiger partial charge in [0.15, 0.2) is 0 Å². The van der Waals surface area contributed by atoms with E-state index >= 15 is 0 Å². The number of carbonyl (C=O) groups is 1. The molecule has 1 unspecified atom stereocenters. The summed E-state index contributed by atoms with van der Waals surface area (Å²) in [6.45, 7) is 5.27. The number of aryl methyl sites for hydroxylation is 1. The Balaban J connectivity index is 1.53. The van der Waals surface area contributed by atoms with Crippen LogP contribution >= 0.6 is 0 Å². The Morgan fingerprint density at radius 1 is 1.45 bits per heavy atom.